The fourth-order valence-electron chi connectivity index (χ4n) is 3.49. The van der Waals surface area contributed by atoms with Crippen molar-refractivity contribution in [1.82, 2.24) is 9.55 Å². The number of amides is 1. The van der Waals surface area contributed by atoms with Gasteiger partial charge in [-0.3, -0.25) is 19.0 Å². The van der Waals surface area contributed by atoms with Crippen LogP contribution in [0, 0.1) is 0 Å². The molecule has 9 heteroatoms. The van der Waals surface area contributed by atoms with Crippen LogP contribution >= 0.6 is 11.3 Å². The molecule has 0 saturated carbocycles. The van der Waals surface area contributed by atoms with E-state index in [9.17, 15) is 14.4 Å². The van der Waals surface area contributed by atoms with Crippen LogP contribution in [-0.2, 0) is 11.3 Å². The van der Waals surface area contributed by atoms with Gasteiger partial charge in [0.05, 0.1) is 32.5 Å². The quantitative estimate of drug-likeness (QED) is 0.416. The van der Waals surface area contributed by atoms with Gasteiger partial charge in [0.25, 0.3) is 5.56 Å². The summed E-state index contributed by atoms with van der Waals surface area (Å²) in [6, 6.07) is 12.0. The van der Waals surface area contributed by atoms with E-state index >= 15 is 0 Å². The molecule has 2 heterocycles. The van der Waals surface area contributed by atoms with Gasteiger partial charge in [0.2, 0.25) is 5.91 Å². The van der Waals surface area contributed by atoms with E-state index in [-0.39, 0.29) is 23.8 Å². The van der Waals surface area contributed by atoms with Gasteiger partial charge in [-0.25, -0.2) is 4.98 Å². The Kier molecular flexibility index (Phi) is 6.23. The van der Waals surface area contributed by atoms with Crippen molar-refractivity contribution >= 4 is 38.9 Å². The molecule has 168 valence electrons. The number of carbonyl (C=O) groups is 2. The number of anilines is 1. The highest BCUT2D eigenvalue weighted by Gasteiger charge is 2.17. The molecule has 0 unspecified atom stereocenters. The van der Waals surface area contributed by atoms with Crippen LogP contribution in [0.5, 0.6) is 11.5 Å². The van der Waals surface area contributed by atoms with Crippen molar-refractivity contribution < 1.29 is 19.1 Å². The van der Waals surface area contributed by atoms with Gasteiger partial charge in [0.15, 0.2) is 17.3 Å². The number of fused-ring (bicyclic) bond motifs is 1. The molecule has 0 bridgehead atoms. The number of carbonyl (C=O) groups excluding carboxylic acids is 2. The lowest BCUT2D eigenvalue weighted by Crippen LogP contribution is -2.24. The molecule has 0 radical (unpaired) electrons. The van der Waals surface area contributed by atoms with Crippen molar-refractivity contribution in [2.45, 2.75) is 13.5 Å². The van der Waals surface area contributed by atoms with E-state index in [2.05, 4.69) is 10.3 Å². The topological polar surface area (TPSA) is 99.5 Å². The third-order valence-corrected chi connectivity index (χ3v) is 5.98. The molecule has 2 aromatic carbocycles. The van der Waals surface area contributed by atoms with Crippen LogP contribution in [0.15, 0.2) is 59.0 Å². The molecule has 0 saturated heterocycles. The Hall–Kier alpha value is -3.98. The molecule has 33 heavy (non-hydrogen) atoms. The number of hydrogen-bond donors (Lipinski definition) is 1. The third-order valence-electron chi connectivity index (χ3n) is 5.10. The molecule has 0 aliphatic carbocycles. The number of ketones is 1. The van der Waals surface area contributed by atoms with E-state index in [4.69, 9.17) is 9.47 Å². The Bertz CT molecular complexity index is 1410. The lowest BCUT2D eigenvalue weighted by molar-refractivity contribution is -0.114. The fraction of sp³-hybridized carbons (Fsp3) is 0.167. The lowest BCUT2D eigenvalue weighted by Gasteiger charge is -2.10. The summed E-state index contributed by atoms with van der Waals surface area (Å²) in [6.07, 6.45) is 1.39. The molecule has 0 aliphatic heterocycles. The number of benzene rings is 2. The summed E-state index contributed by atoms with van der Waals surface area (Å²) < 4.78 is 12.0. The number of hydrogen-bond acceptors (Lipinski definition) is 7. The second-order valence-electron chi connectivity index (χ2n) is 7.26. The predicted octanol–water partition coefficient (Wildman–Crippen LogP) is 3.98. The molecule has 4 rings (SSSR count). The summed E-state index contributed by atoms with van der Waals surface area (Å²) in [5.41, 5.74) is 2.23. The van der Waals surface area contributed by atoms with Crippen LogP contribution in [-0.4, -0.2) is 35.5 Å². The Labute approximate surface area is 193 Å². The second-order valence-corrected chi connectivity index (χ2v) is 8.12. The summed E-state index contributed by atoms with van der Waals surface area (Å²) in [5, 5.41) is 4.97. The zero-order valence-electron chi connectivity index (χ0n) is 18.2. The summed E-state index contributed by atoms with van der Waals surface area (Å²) in [4.78, 5) is 42.2. The molecule has 1 amide bonds. The van der Waals surface area contributed by atoms with Gasteiger partial charge in [-0.2, -0.15) is 0 Å². The zero-order valence-corrected chi connectivity index (χ0v) is 19.1. The maximum absolute atomic E-state index is 13.3. The van der Waals surface area contributed by atoms with E-state index in [1.165, 1.54) is 29.2 Å². The summed E-state index contributed by atoms with van der Waals surface area (Å²) >= 11 is 1.36. The zero-order chi connectivity index (χ0) is 23.5. The van der Waals surface area contributed by atoms with Gasteiger partial charge in [0, 0.05) is 29.1 Å². The number of ether oxygens (including phenoxy) is 2. The van der Waals surface area contributed by atoms with Crippen LogP contribution < -0.4 is 20.3 Å². The van der Waals surface area contributed by atoms with E-state index < -0.39 is 0 Å². The van der Waals surface area contributed by atoms with Gasteiger partial charge >= 0.3 is 0 Å². The third kappa shape index (κ3) is 4.49. The maximum atomic E-state index is 13.3. The Morgan fingerprint density at radius 3 is 2.45 bits per heavy atom. The van der Waals surface area contributed by atoms with Crippen LogP contribution in [0.25, 0.3) is 21.3 Å². The fourth-order valence-corrected chi connectivity index (χ4v) is 4.39. The lowest BCUT2D eigenvalue weighted by atomic mass is 10.1. The molecule has 4 aromatic rings. The Morgan fingerprint density at radius 1 is 1.06 bits per heavy atom. The van der Waals surface area contributed by atoms with Crippen LogP contribution in [0.4, 0.5) is 5.69 Å². The molecule has 8 nitrogen and oxygen atoms in total. The summed E-state index contributed by atoms with van der Waals surface area (Å²) in [6.45, 7) is 1.26. The van der Waals surface area contributed by atoms with E-state index in [0.717, 1.165) is 11.1 Å². The molecule has 1 N–H and O–H groups in total. The van der Waals surface area contributed by atoms with Crippen molar-refractivity contribution in [2.75, 3.05) is 19.5 Å². The number of nitrogens with one attached hydrogen (secondary N) is 1. The normalized spacial score (nSPS) is 10.8. The maximum Gasteiger partial charge on any atom is 0.263 e. The smallest absolute Gasteiger partial charge is 0.263 e. The van der Waals surface area contributed by atoms with Gasteiger partial charge in [-0.05, 0) is 42.0 Å². The molecular weight excluding hydrogens is 442 g/mol. The number of methoxy groups -OCH3 is 2. The van der Waals surface area contributed by atoms with Gasteiger partial charge < -0.3 is 14.8 Å². The van der Waals surface area contributed by atoms with Crippen molar-refractivity contribution in [3.8, 4) is 22.6 Å². The second kappa shape index (κ2) is 9.25. The summed E-state index contributed by atoms with van der Waals surface area (Å²) in [5.74, 6) is 0.708. The minimum Gasteiger partial charge on any atom is -0.493 e. The Morgan fingerprint density at radius 2 is 1.79 bits per heavy atom. The Balaban J connectivity index is 1.67. The molecule has 0 aliphatic rings. The highest BCUT2D eigenvalue weighted by molar-refractivity contribution is 7.17. The minimum atomic E-state index is -0.297. The first kappa shape index (κ1) is 22.2. The first-order valence-electron chi connectivity index (χ1n) is 10.0. The highest BCUT2D eigenvalue weighted by Crippen LogP contribution is 2.36. The number of nitrogens with zero attached hydrogens (tertiary/aromatic N) is 2. The minimum absolute atomic E-state index is 0.150. The van der Waals surface area contributed by atoms with Crippen molar-refractivity contribution in [2.24, 2.45) is 0 Å². The van der Waals surface area contributed by atoms with Gasteiger partial charge in [-0.15, -0.1) is 11.3 Å². The number of rotatable bonds is 7. The first-order chi connectivity index (χ1) is 15.9. The summed E-state index contributed by atoms with van der Waals surface area (Å²) in [7, 11) is 3.11. The van der Waals surface area contributed by atoms with E-state index in [0.29, 0.717) is 33.0 Å². The average Bonchev–Trinajstić information content (AvgIpc) is 3.25. The first-order valence-corrected chi connectivity index (χ1v) is 10.9. The molecular formula is C24H21N3O5S. The van der Waals surface area contributed by atoms with Crippen LogP contribution in [0.2, 0.25) is 0 Å². The molecule has 0 fully saturated rings. The number of Topliss-reactive ketones (excluding diaryl/α,β-unsaturated/α-hetero) is 1. The van der Waals surface area contributed by atoms with Crippen molar-refractivity contribution in [3.05, 3.63) is 70.1 Å². The SMILES string of the molecule is COc1ccc(-c2csc3ncn(CC(=O)c4ccc(NC(C)=O)cc4)c(=O)c23)cc1OC. The molecule has 0 atom stereocenters. The monoisotopic (exact) mass is 463 g/mol. The van der Waals surface area contributed by atoms with Crippen molar-refractivity contribution in [1.29, 1.82) is 0 Å². The van der Waals surface area contributed by atoms with E-state index in [1.54, 1.807) is 50.6 Å². The number of thiophene rings is 1. The van der Waals surface area contributed by atoms with Crippen LogP contribution in [0.1, 0.15) is 17.3 Å². The van der Waals surface area contributed by atoms with E-state index in [1.807, 2.05) is 11.4 Å². The molecule has 2 aromatic heterocycles. The predicted molar refractivity (Wildman–Crippen MR) is 127 cm³/mol. The highest BCUT2D eigenvalue weighted by atomic mass is 32.1. The largest absolute Gasteiger partial charge is 0.493 e. The molecule has 0 spiro atoms. The van der Waals surface area contributed by atoms with Gasteiger partial charge in [0.1, 0.15) is 4.83 Å². The standard InChI is InChI=1S/C24H21N3O5S/c1-14(28)26-17-7-4-15(5-8-17)19(29)11-27-13-25-23-22(24(27)30)18(12-33-23)16-6-9-20(31-2)21(10-16)32-3/h4-10,12-13H,11H2,1-3H3,(H,26,28). The average molecular weight is 464 g/mol. The number of aromatic nitrogens is 2. The van der Waals surface area contributed by atoms with Crippen LogP contribution in [0.3, 0.4) is 0 Å². The van der Waals surface area contributed by atoms with Gasteiger partial charge in [-0.1, -0.05) is 6.07 Å². The van der Waals surface area contributed by atoms with Crippen molar-refractivity contribution in [3.63, 3.8) is 0 Å².